The maximum Gasteiger partial charge on any atom is 0.272 e. The van der Waals surface area contributed by atoms with Crippen molar-refractivity contribution in [2.24, 2.45) is 0 Å². The Balaban J connectivity index is 1.86. The molecule has 0 radical (unpaired) electrons. The van der Waals surface area contributed by atoms with Crippen molar-refractivity contribution >= 4 is 39.7 Å². The van der Waals surface area contributed by atoms with Crippen LogP contribution in [0.2, 0.25) is 5.02 Å². The highest BCUT2D eigenvalue weighted by atomic mass is 35.5. The predicted octanol–water partition coefficient (Wildman–Crippen LogP) is 3.93. The Hall–Kier alpha value is -1.98. The fourth-order valence-corrected chi connectivity index (χ4v) is 3.05. The van der Waals surface area contributed by atoms with Crippen molar-refractivity contribution in [2.75, 3.05) is 7.05 Å². The van der Waals surface area contributed by atoms with E-state index in [1.165, 1.54) is 0 Å². The normalized spacial score (nSPS) is 10.9. The smallest absolute Gasteiger partial charge is 0.272 e. The number of nitrogens with zero attached hydrogens (tertiary/aromatic N) is 3. The molecule has 1 amide bonds. The van der Waals surface area contributed by atoms with Crippen molar-refractivity contribution in [3.05, 3.63) is 57.1 Å². The summed E-state index contributed by atoms with van der Waals surface area (Å²) in [5, 5.41) is 4.42. The molecular formula is C16H14ClN3OS. The van der Waals surface area contributed by atoms with Crippen LogP contribution in [0.25, 0.3) is 10.9 Å². The van der Waals surface area contributed by atoms with Crippen LogP contribution in [-0.4, -0.2) is 27.8 Å². The van der Waals surface area contributed by atoms with Crippen LogP contribution in [0.1, 0.15) is 21.2 Å². The summed E-state index contributed by atoms with van der Waals surface area (Å²) >= 11 is 7.73. The number of fused-ring (bicyclic) bond motifs is 1. The molecule has 0 saturated heterocycles. The summed E-state index contributed by atoms with van der Waals surface area (Å²) < 4.78 is 0. The van der Waals surface area contributed by atoms with Crippen molar-refractivity contribution in [3.8, 4) is 0 Å². The lowest BCUT2D eigenvalue weighted by atomic mass is 10.2. The number of para-hydroxylation sites is 1. The molecule has 6 heteroatoms. The number of thiazole rings is 1. The van der Waals surface area contributed by atoms with Gasteiger partial charge in [0.15, 0.2) is 0 Å². The van der Waals surface area contributed by atoms with E-state index in [0.717, 1.165) is 16.1 Å². The van der Waals surface area contributed by atoms with Gasteiger partial charge in [0.05, 0.1) is 27.8 Å². The zero-order chi connectivity index (χ0) is 15.7. The van der Waals surface area contributed by atoms with E-state index in [-0.39, 0.29) is 5.91 Å². The molecule has 0 unspecified atom stereocenters. The van der Waals surface area contributed by atoms with Gasteiger partial charge in [-0.05, 0) is 19.1 Å². The SMILES string of the molecule is Cc1nc(CN(C)C(=O)c2ccc3cccc(Cl)c3n2)cs1. The molecule has 2 aromatic heterocycles. The molecule has 22 heavy (non-hydrogen) atoms. The van der Waals surface area contributed by atoms with Crippen LogP contribution in [0.15, 0.2) is 35.7 Å². The number of amides is 1. The van der Waals surface area contributed by atoms with Crippen LogP contribution < -0.4 is 0 Å². The zero-order valence-corrected chi connectivity index (χ0v) is 13.8. The predicted molar refractivity (Wildman–Crippen MR) is 89.4 cm³/mol. The van der Waals surface area contributed by atoms with Gasteiger partial charge in [-0.2, -0.15) is 0 Å². The van der Waals surface area contributed by atoms with Crippen molar-refractivity contribution in [2.45, 2.75) is 13.5 Å². The third-order valence-electron chi connectivity index (χ3n) is 3.30. The second kappa shape index (κ2) is 6.02. The van der Waals surface area contributed by atoms with Crippen LogP contribution in [-0.2, 0) is 6.54 Å². The molecule has 4 nitrogen and oxygen atoms in total. The number of aromatic nitrogens is 2. The quantitative estimate of drug-likeness (QED) is 0.730. The molecule has 0 bridgehead atoms. The maximum absolute atomic E-state index is 12.5. The minimum absolute atomic E-state index is 0.146. The number of aryl methyl sites for hydroxylation is 1. The minimum Gasteiger partial charge on any atom is -0.334 e. The average molecular weight is 332 g/mol. The molecular weight excluding hydrogens is 318 g/mol. The summed E-state index contributed by atoms with van der Waals surface area (Å²) in [4.78, 5) is 22.9. The Morgan fingerprint density at radius 2 is 2.09 bits per heavy atom. The van der Waals surface area contributed by atoms with Crippen molar-refractivity contribution in [3.63, 3.8) is 0 Å². The number of carbonyl (C=O) groups excluding carboxylic acids is 1. The fourth-order valence-electron chi connectivity index (χ4n) is 2.22. The Kier molecular flexibility index (Phi) is 4.09. The average Bonchev–Trinajstić information content (AvgIpc) is 2.91. The summed E-state index contributed by atoms with van der Waals surface area (Å²) in [5.41, 5.74) is 1.92. The van der Waals surface area contributed by atoms with Gasteiger partial charge in [0, 0.05) is 17.8 Å². The number of hydrogen-bond donors (Lipinski definition) is 0. The summed E-state index contributed by atoms with van der Waals surface area (Å²) in [6.07, 6.45) is 0. The molecule has 112 valence electrons. The molecule has 3 aromatic rings. The molecule has 2 heterocycles. The number of hydrogen-bond acceptors (Lipinski definition) is 4. The lowest BCUT2D eigenvalue weighted by Crippen LogP contribution is -2.27. The monoisotopic (exact) mass is 331 g/mol. The number of rotatable bonds is 3. The van der Waals surface area contributed by atoms with Gasteiger partial charge in [-0.1, -0.05) is 29.8 Å². The van der Waals surface area contributed by atoms with Crippen molar-refractivity contribution < 1.29 is 4.79 Å². The van der Waals surface area contributed by atoms with Gasteiger partial charge in [-0.25, -0.2) is 9.97 Å². The second-order valence-electron chi connectivity index (χ2n) is 5.03. The molecule has 0 atom stereocenters. The molecule has 1 aromatic carbocycles. The van der Waals surface area contributed by atoms with Crippen LogP contribution in [0.3, 0.4) is 0 Å². The van der Waals surface area contributed by atoms with Gasteiger partial charge >= 0.3 is 0 Å². The first-order valence-corrected chi connectivity index (χ1v) is 8.02. The summed E-state index contributed by atoms with van der Waals surface area (Å²) in [6, 6.07) is 9.15. The molecule has 3 rings (SSSR count). The van der Waals surface area contributed by atoms with Gasteiger partial charge in [0.2, 0.25) is 0 Å². The van der Waals surface area contributed by atoms with Gasteiger partial charge in [-0.3, -0.25) is 4.79 Å². The minimum atomic E-state index is -0.146. The lowest BCUT2D eigenvalue weighted by Gasteiger charge is -2.15. The van der Waals surface area contributed by atoms with Crippen LogP contribution in [0.4, 0.5) is 0 Å². The highest BCUT2D eigenvalue weighted by Gasteiger charge is 2.15. The van der Waals surface area contributed by atoms with E-state index in [0.29, 0.717) is 22.8 Å². The van der Waals surface area contributed by atoms with Crippen LogP contribution in [0.5, 0.6) is 0 Å². The lowest BCUT2D eigenvalue weighted by molar-refractivity contribution is 0.0778. The van der Waals surface area contributed by atoms with Crippen molar-refractivity contribution in [1.82, 2.24) is 14.9 Å². The topological polar surface area (TPSA) is 46.1 Å². The van der Waals surface area contributed by atoms with E-state index in [2.05, 4.69) is 9.97 Å². The Labute approximate surface area is 137 Å². The highest BCUT2D eigenvalue weighted by molar-refractivity contribution is 7.09. The summed E-state index contributed by atoms with van der Waals surface area (Å²) in [7, 11) is 1.75. The molecule has 0 saturated carbocycles. The van der Waals surface area contributed by atoms with Gasteiger partial charge < -0.3 is 4.90 Å². The van der Waals surface area contributed by atoms with E-state index in [1.54, 1.807) is 35.4 Å². The fraction of sp³-hybridized carbons (Fsp3) is 0.188. The molecule has 0 aliphatic rings. The van der Waals surface area contributed by atoms with E-state index in [4.69, 9.17) is 11.6 Å². The Morgan fingerprint density at radius 3 is 2.82 bits per heavy atom. The molecule has 0 fully saturated rings. The number of pyridine rings is 1. The van der Waals surface area contributed by atoms with Gasteiger partial charge in [0.1, 0.15) is 5.69 Å². The van der Waals surface area contributed by atoms with Crippen LogP contribution >= 0.6 is 22.9 Å². The standard InChI is InChI=1S/C16H14ClN3OS/c1-10-18-12(9-22-10)8-20(2)16(21)14-7-6-11-4-3-5-13(17)15(11)19-14/h3-7,9H,8H2,1-2H3. The number of halogens is 1. The van der Waals surface area contributed by atoms with Crippen LogP contribution in [0, 0.1) is 6.92 Å². The van der Waals surface area contributed by atoms with E-state index >= 15 is 0 Å². The zero-order valence-electron chi connectivity index (χ0n) is 12.2. The largest absolute Gasteiger partial charge is 0.334 e. The van der Waals surface area contributed by atoms with Crippen molar-refractivity contribution in [1.29, 1.82) is 0 Å². The van der Waals surface area contributed by atoms with E-state index < -0.39 is 0 Å². The molecule has 0 spiro atoms. The first-order chi connectivity index (χ1) is 10.5. The first-order valence-electron chi connectivity index (χ1n) is 6.76. The third kappa shape index (κ3) is 2.96. The Morgan fingerprint density at radius 1 is 1.27 bits per heavy atom. The number of benzene rings is 1. The van der Waals surface area contributed by atoms with Gasteiger partial charge in [0.25, 0.3) is 5.91 Å². The second-order valence-corrected chi connectivity index (χ2v) is 6.50. The summed E-state index contributed by atoms with van der Waals surface area (Å²) in [6.45, 7) is 2.41. The molecule has 0 aliphatic carbocycles. The summed E-state index contributed by atoms with van der Waals surface area (Å²) in [5.74, 6) is -0.146. The third-order valence-corrected chi connectivity index (χ3v) is 4.43. The molecule has 0 N–H and O–H groups in total. The van der Waals surface area contributed by atoms with E-state index in [1.807, 2.05) is 30.5 Å². The first kappa shape index (κ1) is 14.9. The van der Waals surface area contributed by atoms with Gasteiger partial charge in [-0.15, -0.1) is 11.3 Å². The maximum atomic E-state index is 12.5. The van der Waals surface area contributed by atoms with E-state index in [9.17, 15) is 4.79 Å². The number of carbonyl (C=O) groups is 1. The Bertz CT molecular complexity index is 846. The molecule has 0 aliphatic heterocycles. The highest BCUT2D eigenvalue weighted by Crippen LogP contribution is 2.22.